The monoisotopic (exact) mass is 258 g/mol. The first-order chi connectivity index (χ1) is 8.84. The Hall–Kier alpha value is -2.27. The molecule has 0 fully saturated rings. The number of benzene rings is 2. The van der Waals surface area contributed by atoms with Gasteiger partial charge in [0.2, 0.25) is 5.11 Å². The summed E-state index contributed by atoms with van der Waals surface area (Å²) in [5.41, 5.74) is 7.40. The van der Waals surface area contributed by atoms with Crippen LogP contribution in [0.1, 0.15) is 0 Å². The average Bonchev–Trinajstić information content (AvgIpc) is 2.45. The highest BCUT2D eigenvalue weighted by molar-refractivity contribution is 7.80. The van der Waals surface area contributed by atoms with E-state index in [1.165, 1.54) is 0 Å². The predicted molar refractivity (Wildman–Crippen MR) is 76.8 cm³/mol. The molecule has 90 valence electrons. The molecule has 0 bridgehead atoms. The van der Waals surface area contributed by atoms with Gasteiger partial charge in [-0.2, -0.15) is 0 Å². The van der Waals surface area contributed by atoms with Crippen LogP contribution in [0.4, 0.5) is 11.4 Å². The summed E-state index contributed by atoms with van der Waals surface area (Å²) in [5, 5.41) is 8.17. The third-order valence-corrected chi connectivity index (χ3v) is 2.28. The van der Waals surface area contributed by atoms with Gasteiger partial charge in [0, 0.05) is 0 Å². The standard InChI is InChI=1S/C13H12N4S/c18-13(16-14-11-7-3-1-4-8-11)17-15-12-9-5-2-6-10-12/h1-10,14H,(H,16,18)/i13+2. The van der Waals surface area contributed by atoms with Crippen LogP contribution in [0.25, 0.3) is 0 Å². The summed E-state index contributed by atoms with van der Waals surface area (Å²) in [7, 11) is 0. The molecule has 0 saturated carbocycles. The van der Waals surface area contributed by atoms with Crippen molar-refractivity contribution in [2.24, 2.45) is 10.2 Å². The molecule has 2 aromatic carbocycles. The zero-order valence-corrected chi connectivity index (χ0v) is 10.4. The zero-order valence-electron chi connectivity index (χ0n) is 9.58. The summed E-state index contributed by atoms with van der Waals surface area (Å²) in [5.74, 6) is 0. The molecule has 5 heteroatoms. The van der Waals surface area contributed by atoms with E-state index in [0.29, 0.717) is 0 Å². The summed E-state index contributed by atoms with van der Waals surface area (Å²) in [6.07, 6.45) is 0. The highest BCUT2D eigenvalue weighted by Gasteiger charge is 1.93. The molecule has 2 aromatic rings. The highest BCUT2D eigenvalue weighted by Crippen LogP contribution is 2.10. The Morgan fingerprint density at radius 2 is 1.50 bits per heavy atom. The molecule has 18 heavy (non-hydrogen) atoms. The third kappa shape index (κ3) is 3.95. The van der Waals surface area contributed by atoms with Crippen molar-refractivity contribution in [1.82, 2.24) is 5.43 Å². The van der Waals surface area contributed by atoms with Crippen LogP contribution in [0.2, 0.25) is 0 Å². The maximum absolute atomic E-state index is 5.02. The summed E-state index contributed by atoms with van der Waals surface area (Å²) < 4.78 is 0. The van der Waals surface area contributed by atoms with E-state index in [-0.39, 0.29) is 5.11 Å². The minimum absolute atomic E-state index is 0.280. The van der Waals surface area contributed by atoms with Gasteiger partial charge in [-0.1, -0.05) is 36.4 Å². The fourth-order valence-electron chi connectivity index (χ4n) is 1.27. The molecule has 0 aliphatic rings. The molecule has 4 nitrogen and oxygen atoms in total. The van der Waals surface area contributed by atoms with Gasteiger partial charge in [-0.3, -0.25) is 10.9 Å². The van der Waals surface area contributed by atoms with Crippen molar-refractivity contribution in [2.45, 2.75) is 0 Å². The lowest BCUT2D eigenvalue weighted by Crippen LogP contribution is -2.25. The third-order valence-electron chi connectivity index (χ3n) is 2.10. The molecule has 0 amide bonds. The minimum atomic E-state index is 0.280. The number of anilines is 1. The van der Waals surface area contributed by atoms with Gasteiger partial charge in [-0.25, -0.2) is 0 Å². The molecule has 2 rings (SSSR count). The largest absolute Gasteiger partial charge is 0.299 e. The normalized spacial score (nSPS) is 10.2. The Morgan fingerprint density at radius 3 is 2.17 bits per heavy atom. The second-order valence-corrected chi connectivity index (χ2v) is 3.84. The van der Waals surface area contributed by atoms with Crippen molar-refractivity contribution in [3.8, 4) is 0 Å². The maximum atomic E-state index is 5.02. The number of hydrogen-bond acceptors (Lipinski definition) is 3. The van der Waals surface area contributed by atoms with Crippen molar-refractivity contribution in [2.75, 3.05) is 5.43 Å². The van der Waals surface area contributed by atoms with Gasteiger partial charge in [-0.15, -0.1) is 10.2 Å². The Kier molecular flexibility index (Phi) is 4.38. The first-order valence-electron chi connectivity index (χ1n) is 5.42. The van der Waals surface area contributed by atoms with Gasteiger partial charge in [0.25, 0.3) is 0 Å². The van der Waals surface area contributed by atoms with Crippen molar-refractivity contribution >= 4 is 28.7 Å². The number of azo groups is 1. The van der Waals surface area contributed by atoms with E-state index in [2.05, 4.69) is 21.1 Å². The van der Waals surface area contributed by atoms with Crippen LogP contribution in [0, 0.1) is 0 Å². The summed E-state index contributed by atoms with van der Waals surface area (Å²) in [6.45, 7) is 0. The van der Waals surface area contributed by atoms with Gasteiger partial charge < -0.3 is 0 Å². The fourth-order valence-corrected chi connectivity index (χ4v) is 1.36. The molecule has 0 radical (unpaired) electrons. The molecule has 0 saturated heterocycles. The molecule has 0 spiro atoms. The average molecular weight is 258 g/mol. The van der Waals surface area contributed by atoms with Crippen molar-refractivity contribution in [1.29, 1.82) is 0 Å². The second-order valence-electron chi connectivity index (χ2n) is 3.46. The van der Waals surface area contributed by atoms with E-state index < -0.39 is 0 Å². The van der Waals surface area contributed by atoms with Crippen LogP contribution in [-0.2, 0) is 0 Å². The fraction of sp³-hybridized carbons (Fsp3) is 0. The van der Waals surface area contributed by atoms with Crippen molar-refractivity contribution in [3.63, 3.8) is 0 Å². The molecule has 0 aliphatic carbocycles. The highest BCUT2D eigenvalue weighted by atomic mass is 32.1. The van der Waals surface area contributed by atoms with Crippen LogP contribution in [-0.4, -0.2) is 5.11 Å². The summed E-state index contributed by atoms with van der Waals surface area (Å²) in [4.78, 5) is 0. The van der Waals surface area contributed by atoms with E-state index in [9.17, 15) is 0 Å². The van der Waals surface area contributed by atoms with Crippen LogP contribution in [0.3, 0.4) is 0 Å². The number of rotatable bonds is 3. The molecule has 0 unspecified atom stereocenters. The van der Waals surface area contributed by atoms with Gasteiger partial charge in [0.1, 0.15) is 0 Å². The Morgan fingerprint density at radius 1 is 0.889 bits per heavy atom. The number of thiocarbonyl (C=S) groups is 1. The van der Waals surface area contributed by atoms with Crippen molar-refractivity contribution in [3.05, 3.63) is 60.7 Å². The molecular weight excluding hydrogens is 246 g/mol. The van der Waals surface area contributed by atoms with Crippen LogP contribution >= 0.6 is 12.2 Å². The van der Waals surface area contributed by atoms with Gasteiger partial charge >= 0.3 is 0 Å². The minimum Gasteiger partial charge on any atom is -0.299 e. The Balaban J connectivity index is 1.84. The first-order valence-corrected chi connectivity index (χ1v) is 5.83. The Bertz CT molecular complexity index is 525. The van der Waals surface area contributed by atoms with E-state index in [1.807, 2.05) is 60.7 Å². The van der Waals surface area contributed by atoms with E-state index in [0.717, 1.165) is 11.4 Å². The molecule has 2 N–H and O–H groups in total. The van der Waals surface area contributed by atoms with Crippen LogP contribution in [0.15, 0.2) is 70.9 Å². The number of nitrogens with zero attached hydrogens (tertiary/aromatic N) is 2. The number of para-hydroxylation sites is 1. The Labute approximate surface area is 111 Å². The molecule has 0 heterocycles. The topological polar surface area (TPSA) is 48.8 Å². The molecule has 0 atom stereocenters. The second kappa shape index (κ2) is 6.46. The van der Waals surface area contributed by atoms with Crippen molar-refractivity contribution < 1.29 is 0 Å². The lowest BCUT2D eigenvalue weighted by atomic mass is 10.3. The van der Waals surface area contributed by atoms with Crippen LogP contribution in [0.5, 0.6) is 0 Å². The lowest BCUT2D eigenvalue weighted by molar-refractivity contribution is 1.10. The van der Waals surface area contributed by atoms with E-state index in [1.54, 1.807) is 0 Å². The van der Waals surface area contributed by atoms with E-state index in [4.69, 9.17) is 12.2 Å². The van der Waals surface area contributed by atoms with Gasteiger partial charge in [-0.05, 0) is 36.5 Å². The quantitative estimate of drug-likeness (QED) is 0.501. The molecular formula is C13H12N4S. The van der Waals surface area contributed by atoms with Gasteiger partial charge in [0.15, 0.2) is 0 Å². The first kappa shape index (κ1) is 12.2. The number of hydrazine groups is 1. The smallest absolute Gasteiger partial charge is 0.232 e. The molecule has 0 aliphatic heterocycles. The predicted octanol–water partition coefficient (Wildman–Crippen LogP) is 3.67. The zero-order chi connectivity index (χ0) is 12.6. The van der Waals surface area contributed by atoms with E-state index >= 15 is 0 Å². The number of nitrogens with one attached hydrogen (secondary N) is 2. The van der Waals surface area contributed by atoms with Crippen LogP contribution < -0.4 is 10.9 Å². The summed E-state index contributed by atoms with van der Waals surface area (Å²) >= 11 is 5.02. The lowest BCUT2D eigenvalue weighted by Gasteiger charge is -2.06. The maximum Gasteiger partial charge on any atom is 0.232 e. The summed E-state index contributed by atoms with van der Waals surface area (Å²) in [6, 6.07) is 19.1. The number of hydrogen-bond donors (Lipinski definition) is 2. The molecule has 0 aromatic heterocycles. The van der Waals surface area contributed by atoms with Gasteiger partial charge in [0.05, 0.1) is 11.4 Å². The SMILES string of the molecule is S=[14C](N=Nc1ccccc1)NNc1ccccc1.